The summed E-state index contributed by atoms with van der Waals surface area (Å²) < 4.78 is 31.6. The second-order valence-electron chi connectivity index (χ2n) is 3.28. The van der Waals surface area contributed by atoms with E-state index in [1.807, 2.05) is 6.92 Å². The van der Waals surface area contributed by atoms with Crippen LogP contribution in [0.5, 0.6) is 0 Å². The molecule has 0 bridgehead atoms. The maximum atomic E-state index is 11.8. The molecule has 0 radical (unpaired) electrons. The zero-order valence-corrected chi connectivity index (χ0v) is 11.6. The summed E-state index contributed by atoms with van der Waals surface area (Å²) in [6.07, 6.45) is 0.748. The predicted octanol–water partition coefficient (Wildman–Crippen LogP) is 1.45. The van der Waals surface area contributed by atoms with Crippen LogP contribution >= 0.6 is 15.9 Å². The largest absolute Gasteiger partial charge is 0.452 e. The molecule has 92 valence electrons. The van der Waals surface area contributed by atoms with Gasteiger partial charge in [0, 0.05) is 12.6 Å². The van der Waals surface area contributed by atoms with Gasteiger partial charge in [0.05, 0.1) is 6.54 Å². The highest BCUT2D eigenvalue weighted by Crippen LogP contribution is 2.25. The van der Waals surface area contributed by atoms with Gasteiger partial charge in [0.15, 0.2) is 4.67 Å². The van der Waals surface area contributed by atoms with Crippen LogP contribution in [0.4, 0.5) is 0 Å². The van der Waals surface area contributed by atoms with Gasteiger partial charge in [0.25, 0.3) is 0 Å². The monoisotopic (exact) mass is 310 g/mol. The Hall–Kier alpha value is -0.370. The van der Waals surface area contributed by atoms with Crippen molar-refractivity contribution in [1.82, 2.24) is 10.0 Å². The van der Waals surface area contributed by atoms with Crippen LogP contribution < -0.4 is 10.0 Å². The second kappa shape index (κ2) is 5.81. The fraction of sp³-hybridized carbons (Fsp3) is 0.556. The van der Waals surface area contributed by atoms with Gasteiger partial charge < -0.3 is 9.73 Å². The molecule has 7 heteroatoms. The van der Waals surface area contributed by atoms with Crippen LogP contribution in [0.15, 0.2) is 20.0 Å². The van der Waals surface area contributed by atoms with E-state index in [0.717, 1.165) is 6.42 Å². The second-order valence-corrected chi connectivity index (χ2v) is 5.73. The fourth-order valence-corrected chi connectivity index (χ4v) is 3.29. The highest BCUT2D eigenvalue weighted by molar-refractivity contribution is 9.10. The van der Waals surface area contributed by atoms with Crippen LogP contribution in [-0.4, -0.2) is 22.0 Å². The molecule has 1 aromatic rings. The number of furan rings is 1. The molecule has 0 fully saturated rings. The van der Waals surface area contributed by atoms with Gasteiger partial charge in [-0.25, -0.2) is 13.1 Å². The lowest BCUT2D eigenvalue weighted by Crippen LogP contribution is -2.24. The van der Waals surface area contributed by atoms with Crippen LogP contribution in [0.2, 0.25) is 0 Å². The van der Waals surface area contributed by atoms with E-state index in [-0.39, 0.29) is 9.56 Å². The van der Waals surface area contributed by atoms with Crippen LogP contribution in [-0.2, 0) is 16.6 Å². The Balaban J connectivity index is 2.94. The number of rotatable bonds is 6. The first-order valence-electron chi connectivity index (χ1n) is 4.93. The van der Waals surface area contributed by atoms with Gasteiger partial charge in [-0.05, 0) is 29.4 Å². The van der Waals surface area contributed by atoms with E-state index in [4.69, 9.17) is 4.42 Å². The van der Waals surface area contributed by atoms with Gasteiger partial charge in [-0.3, -0.25) is 0 Å². The third kappa shape index (κ3) is 3.31. The van der Waals surface area contributed by atoms with Crippen molar-refractivity contribution in [2.75, 3.05) is 13.6 Å². The highest BCUT2D eigenvalue weighted by atomic mass is 79.9. The Kier molecular flexibility index (Phi) is 4.97. The van der Waals surface area contributed by atoms with Gasteiger partial charge in [-0.15, -0.1) is 0 Å². The fourth-order valence-electron chi connectivity index (χ4n) is 1.16. The molecule has 1 heterocycles. The molecule has 5 nitrogen and oxygen atoms in total. The zero-order chi connectivity index (χ0) is 12.2. The Morgan fingerprint density at radius 2 is 2.19 bits per heavy atom. The lowest BCUT2D eigenvalue weighted by atomic mass is 10.4. The lowest BCUT2D eigenvalue weighted by molar-refractivity contribution is 0.470. The summed E-state index contributed by atoms with van der Waals surface area (Å²) in [5.41, 5.74) is 0. The maximum Gasteiger partial charge on any atom is 0.244 e. The minimum atomic E-state index is -3.47. The van der Waals surface area contributed by atoms with Gasteiger partial charge >= 0.3 is 0 Å². The summed E-state index contributed by atoms with van der Waals surface area (Å²) in [6, 6.07) is 1.51. The van der Waals surface area contributed by atoms with Crippen molar-refractivity contribution >= 4 is 26.0 Å². The van der Waals surface area contributed by atoms with Gasteiger partial charge in [0.1, 0.15) is 10.7 Å². The number of nitrogens with one attached hydrogen (secondary N) is 2. The number of hydrogen-bond donors (Lipinski definition) is 2. The summed E-state index contributed by atoms with van der Waals surface area (Å²) >= 11 is 3.10. The van der Waals surface area contributed by atoms with Crippen molar-refractivity contribution in [2.45, 2.75) is 24.8 Å². The standard InChI is InChI=1S/C9H15BrN2O3S/c1-3-4-12-16(13,14)8-5-7(6-11-2)15-9(8)10/h5,11-12H,3-4,6H2,1-2H3. The van der Waals surface area contributed by atoms with E-state index in [2.05, 4.69) is 26.0 Å². The average Bonchev–Trinajstić information content (AvgIpc) is 2.58. The third-order valence-corrected chi connectivity index (χ3v) is 4.21. The Morgan fingerprint density at radius 1 is 1.50 bits per heavy atom. The van der Waals surface area contributed by atoms with Crippen molar-refractivity contribution in [2.24, 2.45) is 0 Å². The highest BCUT2D eigenvalue weighted by Gasteiger charge is 2.21. The maximum absolute atomic E-state index is 11.8. The molecule has 0 amide bonds. The minimum Gasteiger partial charge on any atom is -0.452 e. The van der Waals surface area contributed by atoms with E-state index in [9.17, 15) is 8.42 Å². The number of sulfonamides is 1. The van der Waals surface area contributed by atoms with Crippen molar-refractivity contribution in [3.63, 3.8) is 0 Å². The molecule has 0 aliphatic heterocycles. The summed E-state index contributed by atoms with van der Waals surface area (Å²) in [6.45, 7) is 2.81. The molecule has 0 aliphatic rings. The number of halogens is 1. The van der Waals surface area contributed by atoms with Crippen LogP contribution in [0.1, 0.15) is 19.1 Å². The SMILES string of the molecule is CCCNS(=O)(=O)c1cc(CNC)oc1Br. The molecular weight excluding hydrogens is 296 g/mol. The van der Waals surface area contributed by atoms with Gasteiger partial charge in [-0.2, -0.15) is 0 Å². The third-order valence-electron chi connectivity index (χ3n) is 1.89. The quantitative estimate of drug-likeness (QED) is 0.834. The molecule has 0 aromatic carbocycles. The van der Waals surface area contributed by atoms with Crippen molar-refractivity contribution < 1.29 is 12.8 Å². The van der Waals surface area contributed by atoms with E-state index in [1.54, 1.807) is 7.05 Å². The first kappa shape index (κ1) is 13.7. The summed E-state index contributed by atoms with van der Waals surface area (Å²) in [5, 5.41) is 2.89. The average molecular weight is 311 g/mol. The molecule has 0 unspecified atom stereocenters. The summed E-state index contributed by atoms with van der Waals surface area (Å²) in [4.78, 5) is 0.145. The Bertz CT molecular complexity index is 442. The van der Waals surface area contributed by atoms with E-state index in [1.165, 1.54) is 6.07 Å². The molecule has 1 aromatic heterocycles. The Labute approximate surface area is 104 Å². The van der Waals surface area contributed by atoms with Crippen molar-refractivity contribution in [1.29, 1.82) is 0 Å². The first-order chi connectivity index (χ1) is 7.51. The predicted molar refractivity (Wildman–Crippen MR) is 64.7 cm³/mol. The lowest BCUT2D eigenvalue weighted by Gasteiger charge is -2.02. The molecule has 0 atom stereocenters. The van der Waals surface area contributed by atoms with Crippen LogP contribution in [0.3, 0.4) is 0 Å². The molecule has 2 N–H and O–H groups in total. The molecule has 0 saturated heterocycles. The molecule has 1 rings (SSSR count). The minimum absolute atomic E-state index is 0.145. The molecule has 16 heavy (non-hydrogen) atoms. The Morgan fingerprint density at radius 3 is 2.75 bits per heavy atom. The summed E-state index contributed by atoms with van der Waals surface area (Å²) in [5.74, 6) is 0.575. The van der Waals surface area contributed by atoms with E-state index in [0.29, 0.717) is 18.8 Å². The first-order valence-corrected chi connectivity index (χ1v) is 7.21. The zero-order valence-electron chi connectivity index (χ0n) is 9.21. The smallest absolute Gasteiger partial charge is 0.244 e. The van der Waals surface area contributed by atoms with E-state index < -0.39 is 10.0 Å². The molecular formula is C9H15BrN2O3S. The van der Waals surface area contributed by atoms with Crippen LogP contribution in [0.25, 0.3) is 0 Å². The molecule has 0 aliphatic carbocycles. The van der Waals surface area contributed by atoms with Gasteiger partial charge in [-0.1, -0.05) is 6.92 Å². The topological polar surface area (TPSA) is 71.3 Å². The van der Waals surface area contributed by atoms with Gasteiger partial charge in [0.2, 0.25) is 10.0 Å². The van der Waals surface area contributed by atoms with Crippen molar-refractivity contribution in [3.8, 4) is 0 Å². The van der Waals surface area contributed by atoms with Crippen LogP contribution in [0, 0.1) is 0 Å². The number of hydrogen-bond acceptors (Lipinski definition) is 4. The molecule has 0 saturated carbocycles. The van der Waals surface area contributed by atoms with Crippen molar-refractivity contribution in [3.05, 3.63) is 16.5 Å². The van der Waals surface area contributed by atoms with E-state index >= 15 is 0 Å². The normalized spacial score (nSPS) is 11.9. The molecule has 0 spiro atoms. The summed E-state index contributed by atoms with van der Waals surface area (Å²) in [7, 11) is -1.71.